The molecule has 0 fully saturated rings. The Kier molecular flexibility index (Phi) is 39.8. The van der Waals surface area contributed by atoms with Gasteiger partial charge in [0.2, 0.25) is 5.91 Å². The quantitative estimate of drug-likeness (QED) is 0.0201. The van der Waals surface area contributed by atoms with E-state index in [2.05, 4.69) is 55.6 Å². The van der Waals surface area contributed by atoms with Crippen molar-refractivity contribution in [2.24, 2.45) is 0 Å². The van der Waals surface area contributed by atoms with E-state index in [1.807, 2.05) is 0 Å². The average molecular weight is 842 g/mol. The Bertz CT molecular complexity index is 1130. The number of aliphatic carboxylic acids is 1. The molecular formula is C46H84NO10P. The Morgan fingerprint density at radius 1 is 0.552 bits per heavy atom. The minimum absolute atomic E-state index is 0.138. The van der Waals surface area contributed by atoms with Crippen LogP contribution >= 0.6 is 7.82 Å². The van der Waals surface area contributed by atoms with Crippen molar-refractivity contribution in [1.29, 1.82) is 0 Å². The van der Waals surface area contributed by atoms with Crippen molar-refractivity contribution in [3.8, 4) is 0 Å². The number of aliphatic hydroxyl groups excluding tert-OH is 1. The Labute approximate surface area is 352 Å². The molecule has 12 heteroatoms. The molecule has 0 aliphatic carbocycles. The summed E-state index contributed by atoms with van der Waals surface area (Å²) in [6.45, 7) is 2.57. The molecule has 0 aliphatic heterocycles. The topological polar surface area (TPSA) is 169 Å². The fourth-order valence-electron chi connectivity index (χ4n) is 6.32. The maximum Gasteiger partial charge on any atom is 0.472 e. The zero-order valence-corrected chi connectivity index (χ0v) is 37.5. The molecule has 0 aromatic rings. The molecule has 0 spiro atoms. The molecule has 0 rings (SSSR count). The molecule has 0 bridgehead atoms. The number of aliphatic hydroxyl groups is 1. The number of hydrogen-bond acceptors (Lipinski definition) is 8. The normalized spacial score (nSPS) is 14.0. The summed E-state index contributed by atoms with van der Waals surface area (Å²) in [5, 5.41) is 21.8. The summed E-state index contributed by atoms with van der Waals surface area (Å²) in [4.78, 5) is 45.9. The van der Waals surface area contributed by atoms with Crippen molar-refractivity contribution in [1.82, 2.24) is 5.32 Å². The van der Waals surface area contributed by atoms with Crippen LogP contribution in [-0.2, 0) is 32.7 Å². The molecular weight excluding hydrogens is 757 g/mol. The van der Waals surface area contributed by atoms with Gasteiger partial charge in [0.1, 0.15) is 12.7 Å². The second-order valence-corrected chi connectivity index (χ2v) is 17.0. The highest BCUT2D eigenvalue weighted by atomic mass is 31.2. The van der Waals surface area contributed by atoms with Crippen LogP contribution in [0, 0.1) is 0 Å². The van der Waals surface area contributed by atoms with Gasteiger partial charge in [-0.15, -0.1) is 0 Å². The summed E-state index contributed by atoms with van der Waals surface area (Å²) in [6, 6.07) is -1.55. The monoisotopic (exact) mass is 842 g/mol. The van der Waals surface area contributed by atoms with Crippen molar-refractivity contribution < 1.29 is 47.8 Å². The van der Waals surface area contributed by atoms with Crippen LogP contribution < -0.4 is 5.32 Å². The molecule has 3 unspecified atom stereocenters. The first-order valence-corrected chi connectivity index (χ1v) is 24.5. The van der Waals surface area contributed by atoms with Crippen LogP contribution in [0.3, 0.4) is 0 Å². The van der Waals surface area contributed by atoms with Gasteiger partial charge in [-0.3, -0.25) is 18.6 Å². The van der Waals surface area contributed by atoms with Gasteiger partial charge in [-0.2, -0.15) is 0 Å². The molecule has 0 heterocycles. The van der Waals surface area contributed by atoms with Gasteiger partial charge in [-0.05, 0) is 51.4 Å². The number of amides is 1. The van der Waals surface area contributed by atoms with Gasteiger partial charge in [0.25, 0.3) is 0 Å². The van der Waals surface area contributed by atoms with Crippen LogP contribution in [0.2, 0.25) is 0 Å². The minimum atomic E-state index is -4.76. The van der Waals surface area contributed by atoms with Gasteiger partial charge >= 0.3 is 19.8 Å². The van der Waals surface area contributed by atoms with E-state index >= 15 is 0 Å². The molecule has 11 nitrogen and oxygen atoms in total. The number of phosphoric ester groups is 1. The predicted octanol–water partition coefficient (Wildman–Crippen LogP) is 12.0. The van der Waals surface area contributed by atoms with Crippen molar-refractivity contribution >= 4 is 25.7 Å². The molecule has 58 heavy (non-hydrogen) atoms. The van der Waals surface area contributed by atoms with Gasteiger partial charge in [-0.25, -0.2) is 9.36 Å². The first-order valence-electron chi connectivity index (χ1n) is 23.0. The molecule has 0 aliphatic rings. The van der Waals surface area contributed by atoms with Crippen LogP contribution in [0.15, 0.2) is 36.5 Å². The number of phosphoric acid groups is 1. The van der Waals surface area contributed by atoms with Gasteiger partial charge in [0.05, 0.1) is 13.2 Å². The third-order valence-corrected chi connectivity index (χ3v) is 10.9. The van der Waals surface area contributed by atoms with Gasteiger partial charge in [0, 0.05) is 12.8 Å². The third-order valence-electron chi connectivity index (χ3n) is 9.93. The highest BCUT2D eigenvalue weighted by Gasteiger charge is 2.28. The first-order chi connectivity index (χ1) is 28.1. The van der Waals surface area contributed by atoms with Gasteiger partial charge in [0.15, 0.2) is 6.04 Å². The number of carboxylic acid groups (broad SMARTS) is 1. The van der Waals surface area contributed by atoms with E-state index in [0.29, 0.717) is 12.8 Å². The third kappa shape index (κ3) is 40.5. The number of ether oxygens (including phenoxy) is 1. The largest absolute Gasteiger partial charge is 0.480 e. The minimum Gasteiger partial charge on any atom is -0.480 e. The highest BCUT2D eigenvalue weighted by Crippen LogP contribution is 2.43. The Morgan fingerprint density at radius 3 is 1.45 bits per heavy atom. The van der Waals surface area contributed by atoms with Crippen molar-refractivity contribution in [2.45, 2.75) is 219 Å². The van der Waals surface area contributed by atoms with Gasteiger partial charge in [-0.1, -0.05) is 179 Å². The zero-order valence-electron chi connectivity index (χ0n) is 36.6. The number of hydrogen-bond donors (Lipinski definition) is 4. The lowest BCUT2D eigenvalue weighted by molar-refractivity contribution is -0.147. The number of carbonyl (C=O) groups is 3. The smallest absolute Gasteiger partial charge is 0.472 e. The fraction of sp³-hybridized carbons (Fsp3) is 0.804. The van der Waals surface area contributed by atoms with Crippen LogP contribution in [0.1, 0.15) is 206 Å². The molecule has 3 atom stereocenters. The van der Waals surface area contributed by atoms with Crippen molar-refractivity contribution in [2.75, 3.05) is 19.8 Å². The van der Waals surface area contributed by atoms with E-state index in [-0.39, 0.29) is 12.8 Å². The van der Waals surface area contributed by atoms with E-state index < -0.39 is 57.6 Å². The zero-order chi connectivity index (χ0) is 42.8. The SMILES string of the molecule is CCCCC/C=C\C/C=C\C/C=C\CCCCCCCCCCC(=O)NC(COP(=O)(O)OCC(O)COC(=O)CCCCCCCCCCCCCCC)C(=O)O. The fourth-order valence-corrected chi connectivity index (χ4v) is 7.09. The Morgan fingerprint density at radius 2 is 0.948 bits per heavy atom. The maximum atomic E-state index is 12.3. The molecule has 0 aromatic heterocycles. The summed E-state index contributed by atoms with van der Waals surface area (Å²) in [6.07, 6.45) is 44.5. The second kappa shape index (κ2) is 41.4. The Balaban J connectivity index is 3.89. The predicted molar refractivity (Wildman–Crippen MR) is 236 cm³/mol. The summed E-state index contributed by atoms with van der Waals surface area (Å²) < 4.78 is 26.8. The van der Waals surface area contributed by atoms with E-state index in [0.717, 1.165) is 64.2 Å². The lowest BCUT2D eigenvalue weighted by Crippen LogP contribution is -2.43. The molecule has 4 N–H and O–H groups in total. The van der Waals surface area contributed by atoms with Crippen LogP contribution in [0.5, 0.6) is 0 Å². The molecule has 1 amide bonds. The first kappa shape index (κ1) is 55.7. The number of esters is 1. The van der Waals surface area contributed by atoms with Crippen LogP contribution in [-0.4, -0.2) is 64.9 Å². The number of rotatable bonds is 43. The van der Waals surface area contributed by atoms with Gasteiger partial charge < -0.3 is 25.2 Å². The van der Waals surface area contributed by atoms with Crippen LogP contribution in [0.25, 0.3) is 0 Å². The number of carbonyl (C=O) groups excluding carboxylic acids is 2. The number of allylic oxidation sites excluding steroid dienone is 6. The number of unbranched alkanes of at least 4 members (excludes halogenated alkanes) is 23. The molecule has 0 saturated carbocycles. The second-order valence-electron chi connectivity index (χ2n) is 15.6. The van der Waals surface area contributed by atoms with E-state index in [4.69, 9.17) is 13.8 Å². The molecule has 0 saturated heterocycles. The highest BCUT2D eigenvalue weighted by molar-refractivity contribution is 7.47. The lowest BCUT2D eigenvalue weighted by atomic mass is 10.0. The van der Waals surface area contributed by atoms with E-state index in [1.54, 1.807) is 0 Å². The van der Waals surface area contributed by atoms with E-state index in [1.165, 1.54) is 103 Å². The summed E-state index contributed by atoms with van der Waals surface area (Å²) in [7, 11) is -4.76. The Hall–Kier alpha value is -2.30. The van der Waals surface area contributed by atoms with Crippen LogP contribution in [0.4, 0.5) is 0 Å². The standard InChI is InChI=1S/C46H84NO10P/c1-3-5-7-9-11-13-15-17-18-19-20-21-22-23-24-26-27-29-31-33-35-37-44(49)47-43(46(51)52)41-57-58(53,54)56-40-42(48)39-55-45(50)38-36-34-32-30-28-25-16-14-12-10-8-6-4-2/h11,13,17-18,20-21,42-43,48H,3-10,12,14-16,19,22-41H2,1-2H3,(H,47,49)(H,51,52)(H,53,54)/b13-11-,18-17-,21-20-. The molecule has 0 radical (unpaired) electrons. The van der Waals surface area contributed by atoms with E-state index in [9.17, 15) is 34.1 Å². The average Bonchev–Trinajstić information content (AvgIpc) is 3.20. The number of nitrogens with one attached hydrogen (secondary N) is 1. The van der Waals surface area contributed by atoms with Crippen molar-refractivity contribution in [3.63, 3.8) is 0 Å². The number of carboxylic acids is 1. The summed E-state index contributed by atoms with van der Waals surface area (Å²) >= 11 is 0. The summed E-state index contributed by atoms with van der Waals surface area (Å²) in [5.41, 5.74) is 0. The lowest BCUT2D eigenvalue weighted by Gasteiger charge is -2.18. The maximum absolute atomic E-state index is 12.3. The van der Waals surface area contributed by atoms with Crippen molar-refractivity contribution in [3.05, 3.63) is 36.5 Å². The molecule has 338 valence electrons. The summed E-state index contributed by atoms with van der Waals surface area (Å²) in [5.74, 6) is -2.38. The molecule has 0 aromatic carbocycles.